The lowest BCUT2D eigenvalue weighted by atomic mass is 10.1. The van der Waals surface area contributed by atoms with Crippen LogP contribution >= 0.6 is 0 Å². The van der Waals surface area contributed by atoms with Gasteiger partial charge in [0.2, 0.25) is 5.91 Å². The van der Waals surface area contributed by atoms with Crippen molar-refractivity contribution in [2.75, 3.05) is 13.1 Å². The molecule has 1 heterocycles. The number of hydrogen-bond donors (Lipinski definition) is 0. The second-order valence-corrected chi connectivity index (χ2v) is 4.46. The van der Waals surface area contributed by atoms with E-state index >= 15 is 0 Å². The smallest absolute Gasteiger partial charge is 0.342 e. The van der Waals surface area contributed by atoms with E-state index in [1.165, 1.54) is 4.90 Å². The minimum absolute atomic E-state index is 0.0101. The Kier molecular flexibility index (Phi) is 3.59. The maximum atomic E-state index is 12.5. The molecule has 1 aromatic carbocycles. The molecular formula is C13H13F3NO. The Bertz CT molecular complexity index is 416. The third-order valence-corrected chi connectivity index (χ3v) is 3.13. The van der Waals surface area contributed by atoms with E-state index < -0.39 is 12.1 Å². The first-order chi connectivity index (χ1) is 8.47. The Morgan fingerprint density at radius 2 is 2.28 bits per heavy atom. The fourth-order valence-corrected chi connectivity index (χ4v) is 2.08. The van der Waals surface area contributed by atoms with E-state index in [0.717, 1.165) is 5.56 Å². The molecule has 0 aromatic heterocycles. The highest BCUT2D eigenvalue weighted by molar-refractivity contribution is 5.79. The molecule has 5 heteroatoms. The quantitative estimate of drug-likeness (QED) is 0.796. The van der Waals surface area contributed by atoms with Crippen LogP contribution in [-0.4, -0.2) is 30.1 Å². The van der Waals surface area contributed by atoms with Gasteiger partial charge in [-0.05, 0) is 18.1 Å². The van der Waals surface area contributed by atoms with Crippen molar-refractivity contribution in [1.82, 2.24) is 4.90 Å². The van der Waals surface area contributed by atoms with Crippen LogP contribution in [0.5, 0.6) is 0 Å². The van der Waals surface area contributed by atoms with Crippen molar-refractivity contribution < 1.29 is 18.0 Å². The summed E-state index contributed by atoms with van der Waals surface area (Å²) in [6, 6.07) is 9.75. The van der Waals surface area contributed by atoms with Crippen molar-refractivity contribution in [3.8, 4) is 0 Å². The van der Waals surface area contributed by atoms with Crippen LogP contribution in [-0.2, 0) is 11.2 Å². The third-order valence-electron chi connectivity index (χ3n) is 3.13. The van der Waals surface area contributed by atoms with Gasteiger partial charge in [0.05, 0.1) is 12.3 Å². The molecule has 1 amide bonds. The molecule has 0 N–H and O–H groups in total. The van der Waals surface area contributed by atoms with Crippen LogP contribution in [0.4, 0.5) is 13.2 Å². The molecule has 97 valence electrons. The van der Waals surface area contributed by atoms with Crippen LogP contribution < -0.4 is 0 Å². The molecular weight excluding hydrogens is 243 g/mol. The summed E-state index contributed by atoms with van der Waals surface area (Å²) in [5, 5.41) is 0. The predicted octanol–water partition coefficient (Wildman–Crippen LogP) is 2.44. The highest BCUT2D eigenvalue weighted by atomic mass is 19.4. The summed E-state index contributed by atoms with van der Waals surface area (Å²) >= 11 is 0. The maximum Gasteiger partial charge on any atom is 0.393 e. The van der Waals surface area contributed by atoms with E-state index in [1.807, 2.05) is 0 Å². The normalized spacial score (nSPS) is 20.2. The van der Waals surface area contributed by atoms with E-state index in [4.69, 9.17) is 0 Å². The summed E-state index contributed by atoms with van der Waals surface area (Å²) in [6.45, 7) is -0.0154. The monoisotopic (exact) mass is 256 g/mol. The Morgan fingerprint density at radius 3 is 2.83 bits per heavy atom. The van der Waals surface area contributed by atoms with E-state index in [0.29, 0.717) is 0 Å². The van der Waals surface area contributed by atoms with Crippen LogP contribution in [0.1, 0.15) is 12.0 Å². The van der Waals surface area contributed by atoms with Crippen LogP contribution in [0.25, 0.3) is 0 Å². The molecule has 1 aliphatic heterocycles. The van der Waals surface area contributed by atoms with E-state index in [9.17, 15) is 18.0 Å². The molecule has 1 atom stereocenters. The Balaban J connectivity index is 1.92. The lowest BCUT2D eigenvalue weighted by molar-refractivity contribution is -0.171. The molecule has 0 aliphatic carbocycles. The molecule has 1 saturated heterocycles. The van der Waals surface area contributed by atoms with Gasteiger partial charge in [0.15, 0.2) is 0 Å². The Morgan fingerprint density at radius 1 is 1.50 bits per heavy atom. The number of carbonyl (C=O) groups is 1. The average Bonchev–Trinajstić information content (AvgIpc) is 2.79. The number of nitrogens with zero attached hydrogens (tertiary/aromatic N) is 1. The zero-order valence-electron chi connectivity index (χ0n) is 9.70. The largest absolute Gasteiger partial charge is 0.393 e. The molecule has 1 aromatic rings. The van der Waals surface area contributed by atoms with Gasteiger partial charge >= 0.3 is 6.18 Å². The third kappa shape index (κ3) is 3.03. The second kappa shape index (κ2) is 5.00. The lowest BCUT2D eigenvalue weighted by Gasteiger charge is -2.18. The van der Waals surface area contributed by atoms with Crippen molar-refractivity contribution in [3.05, 3.63) is 35.9 Å². The topological polar surface area (TPSA) is 20.3 Å². The van der Waals surface area contributed by atoms with Gasteiger partial charge in [-0.15, -0.1) is 0 Å². The van der Waals surface area contributed by atoms with Crippen molar-refractivity contribution in [2.24, 2.45) is 5.92 Å². The first-order valence-electron chi connectivity index (χ1n) is 5.76. The Labute approximate surface area is 103 Å². The molecule has 1 unspecified atom stereocenters. The first-order valence-corrected chi connectivity index (χ1v) is 5.76. The molecule has 0 bridgehead atoms. The maximum absolute atomic E-state index is 12.5. The molecule has 0 spiro atoms. The van der Waals surface area contributed by atoms with Gasteiger partial charge in [-0.25, -0.2) is 0 Å². The minimum Gasteiger partial charge on any atom is -0.342 e. The average molecular weight is 256 g/mol. The number of likely N-dealkylation sites (tertiary alicyclic amines) is 1. The van der Waals surface area contributed by atoms with Crippen molar-refractivity contribution in [2.45, 2.75) is 19.0 Å². The van der Waals surface area contributed by atoms with Gasteiger partial charge in [-0.2, -0.15) is 13.2 Å². The minimum atomic E-state index is -4.20. The standard InChI is InChI=1S/C13H13F3NO/c14-13(15,16)11-6-7-17(9-11)12(18)8-10-4-2-1-3-5-10/h1-2,4-5,11H,6-9H2. The number of hydrogen-bond acceptors (Lipinski definition) is 1. The van der Waals surface area contributed by atoms with Gasteiger partial charge < -0.3 is 4.90 Å². The highest BCUT2D eigenvalue weighted by Crippen LogP contribution is 2.33. The number of carbonyl (C=O) groups excluding carboxylic acids is 1. The number of rotatable bonds is 2. The Hall–Kier alpha value is -1.52. The summed E-state index contributed by atoms with van der Waals surface area (Å²) in [7, 11) is 0. The van der Waals surface area contributed by atoms with Crippen molar-refractivity contribution in [1.29, 1.82) is 0 Å². The van der Waals surface area contributed by atoms with Gasteiger partial charge in [0, 0.05) is 13.1 Å². The fourth-order valence-electron chi connectivity index (χ4n) is 2.08. The molecule has 1 aliphatic rings. The zero-order chi connectivity index (χ0) is 13.2. The number of alkyl halides is 3. The predicted molar refractivity (Wildman–Crippen MR) is 59.7 cm³/mol. The fraction of sp³-hybridized carbons (Fsp3) is 0.462. The molecule has 1 fully saturated rings. The van der Waals surface area contributed by atoms with Crippen molar-refractivity contribution >= 4 is 5.91 Å². The van der Waals surface area contributed by atoms with Crippen LogP contribution in [0.2, 0.25) is 0 Å². The van der Waals surface area contributed by atoms with E-state index in [2.05, 4.69) is 6.07 Å². The van der Waals surface area contributed by atoms with Gasteiger partial charge in [-0.1, -0.05) is 24.3 Å². The zero-order valence-corrected chi connectivity index (χ0v) is 9.70. The first kappa shape index (κ1) is 12.9. The molecule has 2 rings (SSSR count). The molecule has 2 nitrogen and oxygen atoms in total. The summed E-state index contributed by atoms with van der Waals surface area (Å²) in [6.07, 6.45) is -4.05. The highest BCUT2D eigenvalue weighted by Gasteiger charge is 2.44. The van der Waals surface area contributed by atoms with E-state index in [1.54, 1.807) is 24.3 Å². The molecule has 0 saturated carbocycles. The SMILES string of the molecule is O=C(Cc1c[c]ccc1)N1CCC(C(F)(F)F)C1. The van der Waals surface area contributed by atoms with E-state index in [-0.39, 0.29) is 31.8 Å². The van der Waals surface area contributed by atoms with Gasteiger partial charge in [-0.3, -0.25) is 4.79 Å². The molecule has 18 heavy (non-hydrogen) atoms. The number of halogens is 3. The summed E-state index contributed by atoms with van der Waals surface area (Å²) in [5.74, 6) is -1.62. The lowest BCUT2D eigenvalue weighted by Crippen LogP contribution is -2.32. The van der Waals surface area contributed by atoms with Crippen LogP contribution in [0.15, 0.2) is 24.3 Å². The second-order valence-electron chi connectivity index (χ2n) is 4.46. The summed E-state index contributed by atoms with van der Waals surface area (Å²) in [5.41, 5.74) is 0.776. The van der Waals surface area contributed by atoms with Crippen LogP contribution in [0.3, 0.4) is 0 Å². The van der Waals surface area contributed by atoms with Gasteiger partial charge in [0.25, 0.3) is 0 Å². The summed E-state index contributed by atoms with van der Waals surface area (Å²) in [4.78, 5) is 13.1. The molecule has 1 radical (unpaired) electrons. The van der Waals surface area contributed by atoms with Gasteiger partial charge in [0.1, 0.15) is 0 Å². The number of benzene rings is 1. The summed E-state index contributed by atoms with van der Waals surface area (Å²) < 4.78 is 37.4. The number of amides is 1. The van der Waals surface area contributed by atoms with Crippen molar-refractivity contribution in [3.63, 3.8) is 0 Å². The van der Waals surface area contributed by atoms with Crippen LogP contribution in [0, 0.1) is 12.0 Å².